The Bertz CT molecular complexity index is 324. The topological polar surface area (TPSA) is 95.6 Å². The number of carbonyl (C=O) groups is 1. The molecule has 84 valence electrons. The summed E-state index contributed by atoms with van der Waals surface area (Å²) >= 11 is 0. The monoisotopic (exact) mass is 214 g/mol. The Kier molecular flexibility index (Phi) is 4.26. The number of aliphatic hydroxyl groups is 1. The minimum Gasteiger partial charge on any atom is -0.481 e. The van der Waals surface area contributed by atoms with E-state index in [1.54, 1.807) is 13.0 Å². The van der Waals surface area contributed by atoms with Crippen molar-refractivity contribution >= 4 is 5.97 Å². The largest absolute Gasteiger partial charge is 0.481 e. The van der Waals surface area contributed by atoms with Gasteiger partial charge < -0.3 is 20.1 Å². The van der Waals surface area contributed by atoms with Crippen LogP contribution in [-0.4, -0.2) is 34.0 Å². The van der Waals surface area contributed by atoms with Gasteiger partial charge in [-0.1, -0.05) is 5.16 Å². The fraction of sp³-hybridized carbons (Fsp3) is 0.556. The van der Waals surface area contributed by atoms with Gasteiger partial charge in [-0.05, 0) is 6.92 Å². The minimum absolute atomic E-state index is 0.220. The Hall–Kier alpha value is -1.40. The molecule has 0 aromatic carbocycles. The molecule has 1 heterocycles. The molecular weight excluding hydrogens is 200 g/mol. The highest BCUT2D eigenvalue weighted by molar-refractivity contribution is 5.67. The van der Waals surface area contributed by atoms with Gasteiger partial charge in [-0.25, -0.2) is 0 Å². The molecule has 0 aliphatic carbocycles. The van der Waals surface area contributed by atoms with Crippen LogP contribution in [0.3, 0.4) is 0 Å². The zero-order valence-corrected chi connectivity index (χ0v) is 8.43. The summed E-state index contributed by atoms with van der Waals surface area (Å²) in [5.41, 5.74) is 0.732. The van der Waals surface area contributed by atoms with Crippen LogP contribution >= 0.6 is 0 Å². The average molecular weight is 214 g/mol. The van der Waals surface area contributed by atoms with E-state index in [-0.39, 0.29) is 13.0 Å². The van der Waals surface area contributed by atoms with Gasteiger partial charge in [0.05, 0.1) is 18.2 Å². The number of aliphatic hydroxyl groups excluding tert-OH is 1. The molecule has 0 aliphatic rings. The number of aryl methyl sites for hydroxylation is 1. The van der Waals surface area contributed by atoms with E-state index in [9.17, 15) is 9.90 Å². The van der Waals surface area contributed by atoms with Crippen LogP contribution in [0.25, 0.3) is 0 Å². The third-order valence-electron chi connectivity index (χ3n) is 1.77. The molecule has 1 rings (SSSR count). The lowest BCUT2D eigenvalue weighted by molar-refractivity contribution is -0.139. The van der Waals surface area contributed by atoms with E-state index in [0.29, 0.717) is 6.54 Å². The summed E-state index contributed by atoms with van der Waals surface area (Å²) in [7, 11) is 0. The normalized spacial score (nSPS) is 12.7. The van der Waals surface area contributed by atoms with Crippen LogP contribution < -0.4 is 5.32 Å². The van der Waals surface area contributed by atoms with E-state index in [4.69, 9.17) is 9.63 Å². The van der Waals surface area contributed by atoms with Gasteiger partial charge in [0.25, 0.3) is 0 Å². The Morgan fingerprint density at radius 3 is 3.00 bits per heavy atom. The van der Waals surface area contributed by atoms with Gasteiger partial charge in [-0.2, -0.15) is 0 Å². The summed E-state index contributed by atoms with van der Waals surface area (Å²) in [6, 6.07) is 1.77. The Balaban J connectivity index is 2.18. The van der Waals surface area contributed by atoms with E-state index in [0.717, 1.165) is 11.5 Å². The summed E-state index contributed by atoms with van der Waals surface area (Å²) in [6.07, 6.45) is -1.14. The fourth-order valence-electron chi connectivity index (χ4n) is 1.14. The van der Waals surface area contributed by atoms with E-state index in [2.05, 4.69) is 10.5 Å². The molecule has 3 N–H and O–H groups in total. The molecule has 0 spiro atoms. The molecule has 0 aliphatic heterocycles. The number of carboxylic acids is 1. The van der Waals surface area contributed by atoms with Gasteiger partial charge in [0.2, 0.25) is 0 Å². The van der Waals surface area contributed by atoms with Crippen LogP contribution in [0.2, 0.25) is 0 Å². The highest BCUT2D eigenvalue weighted by Crippen LogP contribution is 2.00. The molecule has 6 nitrogen and oxygen atoms in total. The van der Waals surface area contributed by atoms with Crippen molar-refractivity contribution in [1.82, 2.24) is 10.5 Å². The van der Waals surface area contributed by atoms with Crippen molar-refractivity contribution in [2.24, 2.45) is 0 Å². The van der Waals surface area contributed by atoms with Crippen molar-refractivity contribution in [3.05, 3.63) is 17.5 Å². The maximum atomic E-state index is 10.2. The Labute approximate surface area is 86.9 Å². The summed E-state index contributed by atoms with van der Waals surface area (Å²) in [6.45, 7) is 2.46. The first kappa shape index (κ1) is 11.7. The number of aliphatic carboxylic acids is 1. The molecule has 0 bridgehead atoms. The predicted octanol–water partition coefficient (Wildman–Crippen LogP) is -0.0918. The number of hydrogen-bond donors (Lipinski definition) is 3. The van der Waals surface area contributed by atoms with Crippen molar-refractivity contribution in [1.29, 1.82) is 0 Å². The Morgan fingerprint density at radius 1 is 1.73 bits per heavy atom. The number of nitrogens with one attached hydrogen (secondary N) is 1. The second-order valence-corrected chi connectivity index (χ2v) is 3.31. The van der Waals surface area contributed by atoms with Gasteiger partial charge in [-0.3, -0.25) is 4.79 Å². The smallest absolute Gasteiger partial charge is 0.306 e. The lowest BCUT2D eigenvalue weighted by Gasteiger charge is -2.07. The lowest BCUT2D eigenvalue weighted by Crippen LogP contribution is -2.28. The molecule has 0 amide bonds. The highest BCUT2D eigenvalue weighted by Gasteiger charge is 2.09. The Morgan fingerprint density at radius 2 is 2.47 bits per heavy atom. The first-order valence-electron chi connectivity index (χ1n) is 4.60. The molecule has 0 fully saturated rings. The van der Waals surface area contributed by atoms with Gasteiger partial charge in [0.15, 0.2) is 0 Å². The van der Waals surface area contributed by atoms with Crippen molar-refractivity contribution in [2.75, 3.05) is 6.54 Å². The quantitative estimate of drug-likeness (QED) is 0.612. The molecule has 0 saturated heterocycles. The van der Waals surface area contributed by atoms with Gasteiger partial charge in [0.1, 0.15) is 5.76 Å². The highest BCUT2D eigenvalue weighted by atomic mass is 16.5. The van der Waals surface area contributed by atoms with Crippen LogP contribution in [0.15, 0.2) is 10.6 Å². The van der Waals surface area contributed by atoms with E-state index < -0.39 is 12.1 Å². The van der Waals surface area contributed by atoms with E-state index >= 15 is 0 Å². The maximum absolute atomic E-state index is 10.2. The zero-order chi connectivity index (χ0) is 11.3. The first-order chi connectivity index (χ1) is 7.08. The SMILES string of the molecule is Cc1cc(CNCC(O)CC(=O)O)no1. The minimum atomic E-state index is -1.01. The third kappa shape index (κ3) is 4.57. The van der Waals surface area contributed by atoms with Crippen LogP contribution in [-0.2, 0) is 11.3 Å². The van der Waals surface area contributed by atoms with Gasteiger partial charge >= 0.3 is 5.97 Å². The number of carboxylic acid groups (broad SMARTS) is 1. The summed E-state index contributed by atoms with van der Waals surface area (Å²) in [5, 5.41) is 24.2. The first-order valence-corrected chi connectivity index (χ1v) is 4.60. The standard InChI is InChI=1S/C9H14N2O4/c1-6-2-7(11-15-6)4-10-5-8(12)3-9(13)14/h2,8,10,12H,3-5H2,1H3,(H,13,14). The van der Waals surface area contributed by atoms with Crippen LogP contribution in [0.1, 0.15) is 17.9 Å². The molecule has 0 radical (unpaired) electrons. The van der Waals surface area contributed by atoms with Crippen molar-refractivity contribution in [3.63, 3.8) is 0 Å². The molecule has 1 unspecified atom stereocenters. The number of aromatic nitrogens is 1. The number of nitrogens with zero attached hydrogens (tertiary/aromatic N) is 1. The lowest BCUT2D eigenvalue weighted by atomic mass is 10.2. The molecule has 0 saturated carbocycles. The summed E-state index contributed by atoms with van der Waals surface area (Å²) in [5.74, 6) is -0.292. The molecule has 15 heavy (non-hydrogen) atoms. The van der Waals surface area contributed by atoms with Crippen molar-refractivity contribution in [3.8, 4) is 0 Å². The van der Waals surface area contributed by atoms with Crippen molar-refractivity contribution < 1.29 is 19.5 Å². The average Bonchev–Trinajstić information content (AvgIpc) is 2.50. The van der Waals surface area contributed by atoms with Crippen LogP contribution in [0.4, 0.5) is 0 Å². The molecular formula is C9H14N2O4. The number of rotatable bonds is 6. The summed E-state index contributed by atoms with van der Waals surface area (Å²) in [4.78, 5) is 10.2. The van der Waals surface area contributed by atoms with E-state index in [1.165, 1.54) is 0 Å². The maximum Gasteiger partial charge on any atom is 0.306 e. The second-order valence-electron chi connectivity index (χ2n) is 3.31. The van der Waals surface area contributed by atoms with Crippen LogP contribution in [0, 0.1) is 6.92 Å². The molecule has 1 aromatic rings. The number of hydrogen-bond acceptors (Lipinski definition) is 5. The van der Waals surface area contributed by atoms with Gasteiger partial charge in [0, 0.05) is 19.2 Å². The second kappa shape index (κ2) is 5.47. The van der Waals surface area contributed by atoms with Crippen molar-refractivity contribution in [2.45, 2.75) is 26.0 Å². The van der Waals surface area contributed by atoms with E-state index in [1.807, 2.05) is 0 Å². The van der Waals surface area contributed by atoms with Crippen LogP contribution in [0.5, 0.6) is 0 Å². The summed E-state index contributed by atoms with van der Waals surface area (Å²) < 4.78 is 4.84. The third-order valence-corrected chi connectivity index (χ3v) is 1.77. The molecule has 1 aromatic heterocycles. The molecule has 1 atom stereocenters. The zero-order valence-electron chi connectivity index (χ0n) is 8.43. The van der Waals surface area contributed by atoms with Gasteiger partial charge in [-0.15, -0.1) is 0 Å². The fourth-order valence-corrected chi connectivity index (χ4v) is 1.14. The molecule has 6 heteroatoms. The predicted molar refractivity (Wildman–Crippen MR) is 51.2 cm³/mol.